The van der Waals surface area contributed by atoms with Crippen molar-refractivity contribution in [3.8, 4) is 11.3 Å². The molecule has 0 radical (unpaired) electrons. The number of thiazole rings is 1. The Morgan fingerprint density at radius 2 is 1.84 bits per heavy atom. The first-order valence-corrected chi connectivity index (χ1v) is 11.5. The Labute approximate surface area is 191 Å². The number of carbonyl (C=O) groups is 2. The van der Waals surface area contributed by atoms with E-state index in [1.807, 2.05) is 85.4 Å². The average molecular weight is 447 g/mol. The van der Waals surface area contributed by atoms with Crippen LogP contribution in [0.5, 0.6) is 0 Å². The lowest BCUT2D eigenvalue weighted by Crippen LogP contribution is -2.44. The minimum Gasteiger partial charge on any atom is -0.340 e. The summed E-state index contributed by atoms with van der Waals surface area (Å²) in [6, 6.07) is 14.3. The Morgan fingerprint density at radius 1 is 1.09 bits per heavy atom. The summed E-state index contributed by atoms with van der Waals surface area (Å²) in [5, 5.41) is 7.85. The van der Waals surface area contributed by atoms with E-state index in [1.165, 1.54) is 0 Å². The van der Waals surface area contributed by atoms with E-state index < -0.39 is 6.04 Å². The van der Waals surface area contributed by atoms with Crippen molar-refractivity contribution in [1.29, 1.82) is 0 Å². The van der Waals surface area contributed by atoms with Gasteiger partial charge in [0.25, 0.3) is 5.91 Å². The molecule has 0 fully saturated rings. The minimum atomic E-state index is -0.623. The molecule has 0 spiro atoms. The molecule has 0 bridgehead atoms. The second kappa shape index (κ2) is 9.36. The number of aromatic nitrogens is 2. The maximum Gasteiger partial charge on any atom is 0.252 e. The van der Waals surface area contributed by atoms with Crippen LogP contribution in [0.3, 0.4) is 0 Å². The first-order chi connectivity index (χ1) is 15.4. The zero-order chi connectivity index (χ0) is 22.7. The molecule has 2 aromatic carbocycles. The predicted octanol–water partition coefficient (Wildman–Crippen LogP) is 5.15. The number of benzene rings is 2. The molecule has 1 atom stereocenters. The second-order valence-electron chi connectivity index (χ2n) is 8.26. The lowest BCUT2D eigenvalue weighted by atomic mass is 10.0. The number of amides is 2. The van der Waals surface area contributed by atoms with Gasteiger partial charge in [0.05, 0.1) is 5.69 Å². The molecule has 32 heavy (non-hydrogen) atoms. The topological polar surface area (TPSA) is 75.5 Å². The molecule has 7 heteroatoms. The van der Waals surface area contributed by atoms with Crippen LogP contribution in [0.15, 0.2) is 66.3 Å². The van der Waals surface area contributed by atoms with E-state index in [9.17, 15) is 9.59 Å². The highest BCUT2D eigenvalue weighted by Gasteiger charge is 2.23. The van der Waals surface area contributed by atoms with Crippen LogP contribution < -0.4 is 10.6 Å². The third kappa shape index (κ3) is 4.89. The van der Waals surface area contributed by atoms with Crippen molar-refractivity contribution >= 4 is 33.8 Å². The number of nitrogens with zero attached hydrogens (tertiary/aromatic N) is 2. The van der Waals surface area contributed by atoms with Crippen molar-refractivity contribution in [2.45, 2.75) is 33.2 Å². The molecule has 0 saturated carbocycles. The molecule has 2 amide bonds. The van der Waals surface area contributed by atoms with E-state index >= 15 is 0 Å². The van der Waals surface area contributed by atoms with Crippen molar-refractivity contribution in [2.24, 2.45) is 5.92 Å². The van der Waals surface area contributed by atoms with E-state index in [2.05, 4.69) is 15.6 Å². The van der Waals surface area contributed by atoms with E-state index in [1.54, 1.807) is 17.4 Å². The van der Waals surface area contributed by atoms with Crippen LogP contribution in [0.2, 0.25) is 0 Å². The standard InChI is InChI=1S/C25H26N4O2S/c1-16(2)14-21(27-23(30)20-7-5-4-6-17(20)3)24(31)26-19-10-8-18(9-11-19)22-15-29-12-13-32-25(29)28-22/h4-13,15-16,21H,14H2,1-3H3,(H,26,31)(H,27,30). The van der Waals surface area contributed by atoms with E-state index in [0.717, 1.165) is 21.8 Å². The van der Waals surface area contributed by atoms with Gasteiger partial charge in [0.15, 0.2) is 4.96 Å². The molecular formula is C25H26N4O2S. The number of nitrogens with one attached hydrogen (secondary N) is 2. The molecule has 4 aromatic rings. The second-order valence-corrected chi connectivity index (χ2v) is 9.13. The van der Waals surface area contributed by atoms with Gasteiger partial charge >= 0.3 is 0 Å². The molecule has 2 N–H and O–H groups in total. The van der Waals surface area contributed by atoms with Gasteiger partial charge in [-0.3, -0.25) is 14.0 Å². The van der Waals surface area contributed by atoms with Gasteiger partial charge < -0.3 is 10.6 Å². The summed E-state index contributed by atoms with van der Waals surface area (Å²) in [5.41, 5.74) is 4.00. The molecule has 0 aliphatic carbocycles. The number of hydrogen-bond acceptors (Lipinski definition) is 4. The summed E-state index contributed by atoms with van der Waals surface area (Å²) in [5.74, 6) is -0.213. The number of rotatable bonds is 7. The third-order valence-corrected chi connectivity index (χ3v) is 6.03. The summed E-state index contributed by atoms with van der Waals surface area (Å²) in [6.07, 6.45) is 4.51. The average Bonchev–Trinajstić information content (AvgIpc) is 3.36. The van der Waals surface area contributed by atoms with Crippen molar-refractivity contribution in [3.63, 3.8) is 0 Å². The smallest absolute Gasteiger partial charge is 0.252 e. The number of hydrogen-bond donors (Lipinski definition) is 2. The number of fused-ring (bicyclic) bond motifs is 1. The molecule has 1 unspecified atom stereocenters. The van der Waals surface area contributed by atoms with Gasteiger partial charge in [-0.1, -0.05) is 44.2 Å². The van der Waals surface area contributed by atoms with Crippen molar-refractivity contribution in [3.05, 3.63) is 77.4 Å². The molecule has 0 aliphatic heterocycles. The fraction of sp³-hybridized carbons (Fsp3) is 0.240. The highest BCUT2D eigenvalue weighted by atomic mass is 32.1. The first-order valence-electron chi connectivity index (χ1n) is 10.6. The Bertz CT molecular complexity index is 1210. The van der Waals surface area contributed by atoms with Crippen molar-refractivity contribution in [1.82, 2.24) is 14.7 Å². The molecule has 0 saturated heterocycles. The molecule has 0 aliphatic rings. The van der Waals surface area contributed by atoms with Crippen LogP contribution in [0.25, 0.3) is 16.2 Å². The van der Waals surface area contributed by atoms with Gasteiger partial charge in [0, 0.05) is 34.6 Å². The minimum absolute atomic E-state index is 0.226. The van der Waals surface area contributed by atoms with E-state index in [0.29, 0.717) is 17.7 Å². The highest BCUT2D eigenvalue weighted by Crippen LogP contribution is 2.23. The largest absolute Gasteiger partial charge is 0.340 e. The number of carbonyl (C=O) groups excluding carboxylic acids is 2. The number of anilines is 1. The zero-order valence-corrected chi connectivity index (χ0v) is 19.1. The van der Waals surface area contributed by atoms with Gasteiger partial charge in [0.1, 0.15) is 6.04 Å². The fourth-order valence-electron chi connectivity index (χ4n) is 3.59. The van der Waals surface area contributed by atoms with Crippen LogP contribution in [0, 0.1) is 12.8 Å². The van der Waals surface area contributed by atoms with Crippen LogP contribution in [0.4, 0.5) is 5.69 Å². The first kappa shape index (κ1) is 21.8. The quantitative estimate of drug-likeness (QED) is 0.412. The van der Waals surface area contributed by atoms with E-state index in [-0.39, 0.29) is 17.7 Å². The summed E-state index contributed by atoms with van der Waals surface area (Å²) in [7, 11) is 0. The maximum atomic E-state index is 13.0. The Hall–Kier alpha value is -3.45. The summed E-state index contributed by atoms with van der Waals surface area (Å²) < 4.78 is 1.99. The lowest BCUT2D eigenvalue weighted by Gasteiger charge is -2.21. The van der Waals surface area contributed by atoms with Gasteiger partial charge in [0.2, 0.25) is 5.91 Å². The molecule has 4 rings (SSSR count). The zero-order valence-electron chi connectivity index (χ0n) is 18.3. The Kier molecular flexibility index (Phi) is 6.37. The molecule has 6 nitrogen and oxygen atoms in total. The van der Waals surface area contributed by atoms with Gasteiger partial charge in [-0.05, 0) is 43.0 Å². The van der Waals surface area contributed by atoms with Crippen molar-refractivity contribution in [2.75, 3.05) is 5.32 Å². The van der Waals surface area contributed by atoms with Crippen LogP contribution in [-0.4, -0.2) is 27.2 Å². The summed E-state index contributed by atoms with van der Waals surface area (Å²) in [4.78, 5) is 31.3. The molecule has 2 heterocycles. The summed E-state index contributed by atoms with van der Waals surface area (Å²) >= 11 is 1.59. The van der Waals surface area contributed by atoms with Crippen LogP contribution >= 0.6 is 11.3 Å². The highest BCUT2D eigenvalue weighted by molar-refractivity contribution is 7.15. The van der Waals surface area contributed by atoms with Gasteiger partial charge in [-0.25, -0.2) is 4.98 Å². The lowest BCUT2D eigenvalue weighted by molar-refractivity contribution is -0.118. The van der Waals surface area contributed by atoms with Gasteiger partial charge in [-0.2, -0.15) is 0 Å². The monoisotopic (exact) mass is 446 g/mol. The number of aryl methyl sites for hydroxylation is 1. The van der Waals surface area contributed by atoms with Crippen molar-refractivity contribution < 1.29 is 9.59 Å². The van der Waals surface area contributed by atoms with Crippen LogP contribution in [0.1, 0.15) is 36.2 Å². The predicted molar refractivity (Wildman–Crippen MR) is 129 cm³/mol. The maximum absolute atomic E-state index is 13.0. The Morgan fingerprint density at radius 3 is 2.53 bits per heavy atom. The summed E-state index contributed by atoms with van der Waals surface area (Å²) in [6.45, 7) is 5.95. The SMILES string of the molecule is Cc1ccccc1C(=O)NC(CC(C)C)C(=O)Nc1ccc(-c2cn3ccsc3n2)cc1. The van der Waals surface area contributed by atoms with Gasteiger partial charge in [-0.15, -0.1) is 11.3 Å². The molecule has 2 aromatic heterocycles. The normalized spacial score (nSPS) is 12.1. The number of imidazole rings is 1. The third-order valence-electron chi connectivity index (χ3n) is 5.26. The molecule has 164 valence electrons. The fourth-order valence-corrected chi connectivity index (χ4v) is 4.29. The Balaban J connectivity index is 1.46. The van der Waals surface area contributed by atoms with Crippen LogP contribution in [-0.2, 0) is 4.79 Å². The van der Waals surface area contributed by atoms with E-state index in [4.69, 9.17) is 0 Å². The molecular weight excluding hydrogens is 420 g/mol.